The number of methoxy groups -OCH3 is 1. The fourth-order valence-electron chi connectivity index (χ4n) is 4.31. The third-order valence-corrected chi connectivity index (χ3v) is 5.59. The largest absolute Gasteiger partial charge is 0.504 e. The van der Waals surface area contributed by atoms with E-state index in [-0.39, 0.29) is 17.3 Å². The summed E-state index contributed by atoms with van der Waals surface area (Å²) in [5, 5.41) is 10.7. The van der Waals surface area contributed by atoms with Crippen LogP contribution in [0.5, 0.6) is 11.5 Å². The minimum Gasteiger partial charge on any atom is -0.504 e. The number of aromatic hydroxyl groups is 1. The molecule has 1 aromatic rings. The lowest BCUT2D eigenvalue weighted by atomic mass is 9.53. The number of fused-ring (bicyclic) bond motifs is 1. The van der Waals surface area contributed by atoms with Crippen LogP contribution in [0.25, 0.3) is 0 Å². The molecule has 4 nitrogen and oxygen atoms in total. The second-order valence-corrected chi connectivity index (χ2v) is 6.87. The van der Waals surface area contributed by atoms with E-state index in [1.165, 1.54) is 13.2 Å². The van der Waals surface area contributed by atoms with Gasteiger partial charge in [0.1, 0.15) is 0 Å². The highest BCUT2D eigenvalue weighted by Gasteiger charge is 2.55. The molecule has 3 atom stereocenters. The molecule has 0 amide bonds. The summed E-state index contributed by atoms with van der Waals surface area (Å²) in [6.45, 7) is 7.38. The molecule has 0 aromatic heterocycles. The number of para-hydroxylation sites is 1. The van der Waals surface area contributed by atoms with Crippen LogP contribution in [0.2, 0.25) is 0 Å². The molecule has 130 valence electrons. The number of hydrogen-bond donors (Lipinski definition) is 1. The van der Waals surface area contributed by atoms with Gasteiger partial charge in [-0.1, -0.05) is 37.8 Å². The SMILES string of the molecule is C=CC1=CCC2C(=O)C=C(C)C(=O)C2(C)C1c1cccc(OC)c1O. The Morgan fingerprint density at radius 2 is 2.08 bits per heavy atom. The summed E-state index contributed by atoms with van der Waals surface area (Å²) in [4.78, 5) is 25.7. The van der Waals surface area contributed by atoms with E-state index in [9.17, 15) is 14.7 Å². The van der Waals surface area contributed by atoms with Gasteiger partial charge in [0.25, 0.3) is 0 Å². The van der Waals surface area contributed by atoms with Crippen LogP contribution in [0.3, 0.4) is 0 Å². The number of phenolic OH excluding ortho intramolecular Hbond substituents is 1. The summed E-state index contributed by atoms with van der Waals surface area (Å²) < 4.78 is 5.22. The molecule has 2 aliphatic rings. The highest BCUT2D eigenvalue weighted by atomic mass is 16.5. The Kier molecular flexibility index (Phi) is 4.15. The predicted octanol–water partition coefficient (Wildman–Crippen LogP) is 3.72. The van der Waals surface area contributed by atoms with Crippen molar-refractivity contribution < 1.29 is 19.4 Å². The number of allylic oxidation sites excluding steroid dienone is 5. The maximum absolute atomic E-state index is 13.1. The number of carbonyl (C=O) groups is 2. The maximum Gasteiger partial charge on any atom is 0.166 e. The van der Waals surface area contributed by atoms with E-state index in [0.717, 1.165) is 5.57 Å². The van der Waals surface area contributed by atoms with Crippen LogP contribution in [0, 0.1) is 11.3 Å². The molecule has 0 radical (unpaired) electrons. The van der Waals surface area contributed by atoms with Crippen molar-refractivity contribution in [1.82, 2.24) is 0 Å². The molecule has 1 N–H and O–H groups in total. The number of rotatable bonds is 3. The quantitative estimate of drug-likeness (QED) is 0.912. The van der Waals surface area contributed by atoms with Crippen molar-refractivity contribution in [3.8, 4) is 11.5 Å². The van der Waals surface area contributed by atoms with Gasteiger partial charge in [-0.05, 0) is 36.6 Å². The highest BCUT2D eigenvalue weighted by molar-refractivity contribution is 6.13. The lowest BCUT2D eigenvalue weighted by Gasteiger charge is -2.47. The van der Waals surface area contributed by atoms with E-state index in [0.29, 0.717) is 23.3 Å². The molecule has 0 saturated carbocycles. The Morgan fingerprint density at radius 3 is 2.72 bits per heavy atom. The lowest BCUT2D eigenvalue weighted by molar-refractivity contribution is -0.137. The number of benzene rings is 1. The molecule has 0 aliphatic heterocycles. The standard InChI is InChI=1S/C21H22O4/c1-5-13-9-10-15-16(22)11-12(2)20(24)21(15,3)18(13)14-7-6-8-17(25-4)19(14)23/h5-9,11,15,18,23H,1,10H2,2-4H3. The zero-order chi connectivity index (χ0) is 18.4. The summed E-state index contributed by atoms with van der Waals surface area (Å²) in [6.07, 6.45) is 5.59. The first-order chi connectivity index (χ1) is 11.9. The first-order valence-electron chi connectivity index (χ1n) is 8.31. The second-order valence-electron chi connectivity index (χ2n) is 6.87. The van der Waals surface area contributed by atoms with Crippen molar-refractivity contribution in [1.29, 1.82) is 0 Å². The first-order valence-corrected chi connectivity index (χ1v) is 8.31. The zero-order valence-corrected chi connectivity index (χ0v) is 14.7. The van der Waals surface area contributed by atoms with Gasteiger partial charge in [0.2, 0.25) is 0 Å². The van der Waals surface area contributed by atoms with E-state index in [2.05, 4.69) is 6.58 Å². The Morgan fingerprint density at radius 1 is 1.36 bits per heavy atom. The van der Waals surface area contributed by atoms with Crippen LogP contribution in [0.1, 0.15) is 31.7 Å². The Hall–Kier alpha value is -2.62. The van der Waals surface area contributed by atoms with Crippen molar-refractivity contribution in [2.45, 2.75) is 26.2 Å². The van der Waals surface area contributed by atoms with E-state index in [1.54, 1.807) is 31.2 Å². The monoisotopic (exact) mass is 338 g/mol. The van der Waals surface area contributed by atoms with Gasteiger partial charge in [-0.3, -0.25) is 9.59 Å². The molecule has 25 heavy (non-hydrogen) atoms. The Labute approximate surface area is 147 Å². The molecule has 0 heterocycles. The van der Waals surface area contributed by atoms with Crippen molar-refractivity contribution in [3.63, 3.8) is 0 Å². The maximum atomic E-state index is 13.1. The normalized spacial score (nSPS) is 28.8. The van der Waals surface area contributed by atoms with Crippen LogP contribution >= 0.6 is 0 Å². The van der Waals surface area contributed by atoms with Gasteiger partial charge >= 0.3 is 0 Å². The molecule has 0 bridgehead atoms. The fraction of sp³-hybridized carbons (Fsp3) is 0.333. The fourth-order valence-corrected chi connectivity index (χ4v) is 4.31. The predicted molar refractivity (Wildman–Crippen MR) is 95.7 cm³/mol. The zero-order valence-electron chi connectivity index (χ0n) is 14.7. The molecule has 2 aliphatic carbocycles. The second kappa shape index (κ2) is 6.03. The van der Waals surface area contributed by atoms with E-state index in [4.69, 9.17) is 4.74 Å². The average Bonchev–Trinajstić information content (AvgIpc) is 2.60. The Bertz CT molecular complexity index is 830. The number of ketones is 2. The minimum atomic E-state index is -0.960. The van der Waals surface area contributed by atoms with Crippen molar-refractivity contribution in [2.24, 2.45) is 11.3 Å². The number of carbonyl (C=O) groups excluding carboxylic acids is 2. The number of hydrogen-bond acceptors (Lipinski definition) is 4. The minimum absolute atomic E-state index is 0.00270. The molecule has 4 heteroatoms. The number of phenols is 1. The van der Waals surface area contributed by atoms with Crippen LogP contribution in [-0.2, 0) is 9.59 Å². The van der Waals surface area contributed by atoms with Crippen molar-refractivity contribution in [2.75, 3.05) is 7.11 Å². The molecule has 3 rings (SSSR count). The van der Waals surface area contributed by atoms with Gasteiger partial charge in [0.05, 0.1) is 12.5 Å². The first kappa shape index (κ1) is 17.2. The van der Waals surface area contributed by atoms with Gasteiger partial charge in [-0.25, -0.2) is 0 Å². The van der Waals surface area contributed by atoms with Crippen LogP contribution in [0.4, 0.5) is 0 Å². The molecule has 0 spiro atoms. The van der Waals surface area contributed by atoms with Gasteiger partial charge in [-0.15, -0.1) is 0 Å². The third-order valence-electron chi connectivity index (χ3n) is 5.59. The average molecular weight is 338 g/mol. The van der Waals surface area contributed by atoms with E-state index >= 15 is 0 Å². The summed E-state index contributed by atoms with van der Waals surface area (Å²) in [7, 11) is 1.48. The molecule has 1 aromatic carbocycles. The lowest BCUT2D eigenvalue weighted by Crippen LogP contribution is -2.49. The molecule has 3 unspecified atom stereocenters. The number of ether oxygens (including phenoxy) is 1. The van der Waals surface area contributed by atoms with E-state index in [1.807, 2.05) is 13.0 Å². The van der Waals surface area contributed by atoms with Crippen LogP contribution < -0.4 is 4.74 Å². The van der Waals surface area contributed by atoms with Crippen LogP contribution in [0.15, 0.2) is 54.2 Å². The summed E-state index contributed by atoms with van der Waals surface area (Å²) in [5.41, 5.74) is 0.922. The summed E-state index contributed by atoms with van der Waals surface area (Å²) >= 11 is 0. The summed E-state index contributed by atoms with van der Waals surface area (Å²) in [5.74, 6) is -0.657. The Balaban J connectivity index is 2.28. The molecular weight excluding hydrogens is 316 g/mol. The topological polar surface area (TPSA) is 63.6 Å². The van der Waals surface area contributed by atoms with Crippen molar-refractivity contribution >= 4 is 11.6 Å². The van der Waals surface area contributed by atoms with Gasteiger partial charge < -0.3 is 9.84 Å². The highest BCUT2D eigenvalue weighted by Crippen LogP contribution is 2.56. The van der Waals surface area contributed by atoms with Crippen LogP contribution in [-0.4, -0.2) is 23.8 Å². The van der Waals surface area contributed by atoms with Gasteiger partial charge in [0, 0.05) is 17.4 Å². The van der Waals surface area contributed by atoms with Gasteiger partial charge in [-0.2, -0.15) is 0 Å². The number of Topliss-reactive ketones (excluding diaryl/α,β-unsaturated/α-hetero) is 1. The summed E-state index contributed by atoms with van der Waals surface area (Å²) in [6, 6.07) is 5.22. The third kappa shape index (κ3) is 2.36. The molecule has 0 fully saturated rings. The van der Waals surface area contributed by atoms with Crippen molar-refractivity contribution in [3.05, 3.63) is 59.7 Å². The molecule has 0 saturated heterocycles. The smallest absolute Gasteiger partial charge is 0.166 e. The van der Waals surface area contributed by atoms with E-state index < -0.39 is 17.3 Å². The molecular formula is C21H22O4. The van der Waals surface area contributed by atoms with Gasteiger partial charge in [0.15, 0.2) is 23.1 Å².